The van der Waals surface area contributed by atoms with Crippen molar-refractivity contribution in [1.29, 1.82) is 0 Å². The molecule has 18 nitrogen and oxygen atoms in total. The summed E-state index contributed by atoms with van der Waals surface area (Å²) < 4.78 is 60.6. The van der Waals surface area contributed by atoms with Crippen LogP contribution in [0.5, 0.6) is 46.0 Å². The lowest BCUT2D eigenvalue weighted by Crippen LogP contribution is -2.59. The predicted octanol–water partition coefficient (Wildman–Crippen LogP) is 4.03. The number of ether oxygens (including phenoxy) is 10. The van der Waals surface area contributed by atoms with E-state index in [4.69, 9.17) is 47.4 Å². The molecule has 14 atom stereocenters. The third-order valence-electron chi connectivity index (χ3n) is 13.8. The zero-order valence-electron chi connectivity index (χ0n) is 40.3. The van der Waals surface area contributed by atoms with Gasteiger partial charge in [-0.15, -0.1) is 0 Å². The summed E-state index contributed by atoms with van der Waals surface area (Å²) in [6.45, 7) is 3.13. The molecule has 3 aliphatic heterocycles. The molecule has 3 aliphatic rings. The number of hydrogen-bond acceptors (Lipinski definition) is 18. The van der Waals surface area contributed by atoms with Crippen molar-refractivity contribution in [1.82, 2.24) is 0 Å². The van der Waals surface area contributed by atoms with Crippen LogP contribution in [0.3, 0.4) is 0 Å². The Kier molecular flexibility index (Phi) is 18.0. The maximum Gasteiger partial charge on any atom is 0.200 e. The highest BCUT2D eigenvalue weighted by atomic mass is 16.7. The number of methoxy groups -OCH3 is 4. The fourth-order valence-corrected chi connectivity index (χ4v) is 9.62. The molecular formula is C52H68O18. The van der Waals surface area contributed by atoms with Crippen LogP contribution in [0.25, 0.3) is 0 Å². The molecule has 4 unspecified atom stereocenters. The summed E-state index contributed by atoms with van der Waals surface area (Å²) in [5.41, 5.74) is 3.05. The number of aliphatic hydroxyl groups is 4. The van der Waals surface area contributed by atoms with Crippen molar-refractivity contribution in [2.75, 3.05) is 54.9 Å². The monoisotopic (exact) mass is 980 g/mol. The number of rotatable bonds is 12. The normalized spacial score (nSPS) is 31.2. The summed E-state index contributed by atoms with van der Waals surface area (Å²) in [5.74, 6) is -1.35. The van der Waals surface area contributed by atoms with Crippen molar-refractivity contribution in [3.63, 3.8) is 0 Å². The second-order valence-corrected chi connectivity index (χ2v) is 18.5. The largest absolute Gasteiger partial charge is 0.508 e. The first kappa shape index (κ1) is 52.7. The Morgan fingerprint density at radius 3 is 1.00 bits per heavy atom. The molecule has 4 aromatic rings. The van der Waals surface area contributed by atoms with Crippen LogP contribution in [-0.4, -0.2) is 157 Å². The number of phenols is 4. The third-order valence-corrected chi connectivity index (χ3v) is 13.8. The number of benzene rings is 4. The SMILES string of the molecule is COc1cc(CC2CO[C@@H]3[C@@H](O)[C@H](OCC(Cc4ccc(O)cc4)C(Cc4cc(OC)c(O)c(OC)c4)CO[C@@H]4[C@@H](O)[C@H](OCC2Cc2ccc(O)cc2)O[C@H](C)[C@H]4O)O[C@H](C)[C@H]3O)cc(OC)c1O. The van der Waals surface area contributed by atoms with Gasteiger partial charge in [0.05, 0.1) is 67.1 Å². The molecule has 3 saturated heterocycles. The van der Waals surface area contributed by atoms with E-state index in [1.165, 1.54) is 28.4 Å². The Balaban J connectivity index is 1.30. The van der Waals surface area contributed by atoms with Gasteiger partial charge in [-0.2, -0.15) is 0 Å². The van der Waals surface area contributed by atoms with E-state index >= 15 is 0 Å². The molecule has 0 aliphatic carbocycles. The van der Waals surface area contributed by atoms with Crippen LogP contribution in [0.15, 0.2) is 72.8 Å². The molecular weight excluding hydrogens is 913 g/mol. The van der Waals surface area contributed by atoms with Crippen LogP contribution in [0.2, 0.25) is 0 Å². The van der Waals surface area contributed by atoms with E-state index in [2.05, 4.69) is 0 Å². The maximum atomic E-state index is 12.1. The lowest BCUT2D eigenvalue weighted by atomic mass is 9.83. The average Bonchev–Trinajstić information content (AvgIpc) is 3.35. The molecule has 3 fully saturated rings. The fraction of sp³-hybridized carbons (Fsp3) is 0.538. The van der Waals surface area contributed by atoms with E-state index in [0.29, 0.717) is 24.0 Å². The Morgan fingerprint density at radius 1 is 0.414 bits per heavy atom. The summed E-state index contributed by atoms with van der Waals surface area (Å²) >= 11 is 0. The zero-order valence-corrected chi connectivity index (χ0v) is 40.3. The minimum atomic E-state index is -1.49. The van der Waals surface area contributed by atoms with Crippen LogP contribution in [0.4, 0.5) is 0 Å². The molecule has 0 amide bonds. The topological polar surface area (TPSA) is 254 Å². The van der Waals surface area contributed by atoms with E-state index in [9.17, 15) is 40.9 Å². The van der Waals surface area contributed by atoms with Crippen LogP contribution < -0.4 is 18.9 Å². The molecule has 0 aromatic heterocycles. The zero-order chi connectivity index (χ0) is 50.2. The van der Waals surface area contributed by atoms with Crippen molar-refractivity contribution >= 4 is 0 Å². The molecule has 18 heteroatoms. The average molecular weight is 981 g/mol. The molecule has 4 aromatic carbocycles. The predicted molar refractivity (Wildman–Crippen MR) is 251 cm³/mol. The summed E-state index contributed by atoms with van der Waals surface area (Å²) in [7, 11) is 5.71. The molecule has 8 N–H and O–H groups in total. The minimum Gasteiger partial charge on any atom is -0.508 e. The van der Waals surface area contributed by atoms with Gasteiger partial charge in [-0.05, 0) is 134 Å². The van der Waals surface area contributed by atoms with Gasteiger partial charge in [0.25, 0.3) is 0 Å². The van der Waals surface area contributed by atoms with Crippen LogP contribution in [-0.2, 0) is 54.1 Å². The van der Waals surface area contributed by atoms with Gasteiger partial charge in [-0.3, -0.25) is 0 Å². The maximum absolute atomic E-state index is 12.1. The first-order chi connectivity index (χ1) is 33.6. The van der Waals surface area contributed by atoms with Crippen LogP contribution in [0.1, 0.15) is 36.1 Å². The number of aromatic hydroxyl groups is 4. The second-order valence-electron chi connectivity index (χ2n) is 18.5. The molecule has 0 spiro atoms. The quantitative estimate of drug-likeness (QED) is 0.0998. The summed E-state index contributed by atoms with van der Waals surface area (Å²) in [5, 5.41) is 89.3. The Labute approximate surface area is 407 Å². The van der Waals surface area contributed by atoms with Gasteiger partial charge in [0.1, 0.15) is 48.1 Å². The summed E-state index contributed by atoms with van der Waals surface area (Å²) in [6.07, 6.45) is -10.9. The van der Waals surface area contributed by atoms with Crippen molar-refractivity contribution < 1.29 is 88.2 Å². The van der Waals surface area contributed by atoms with Gasteiger partial charge in [-0.25, -0.2) is 0 Å². The highest BCUT2D eigenvalue weighted by Crippen LogP contribution is 2.41. The van der Waals surface area contributed by atoms with Gasteiger partial charge >= 0.3 is 0 Å². The van der Waals surface area contributed by atoms with Crippen LogP contribution >= 0.6 is 0 Å². The number of fused-ring (bicyclic) bond motifs is 4. The molecule has 3 heterocycles. The highest BCUT2D eigenvalue weighted by molar-refractivity contribution is 5.53. The minimum absolute atomic E-state index is 0.0403. The molecule has 0 radical (unpaired) electrons. The second kappa shape index (κ2) is 23.9. The van der Waals surface area contributed by atoms with Gasteiger partial charge in [-0.1, -0.05) is 24.3 Å². The Bertz CT molecular complexity index is 2070. The molecule has 7 rings (SSSR count). The lowest BCUT2D eigenvalue weighted by molar-refractivity contribution is -0.311. The smallest absolute Gasteiger partial charge is 0.200 e. The van der Waals surface area contributed by atoms with Gasteiger partial charge in [0, 0.05) is 0 Å². The fourth-order valence-electron chi connectivity index (χ4n) is 9.62. The third kappa shape index (κ3) is 12.5. The van der Waals surface area contributed by atoms with Gasteiger partial charge < -0.3 is 88.2 Å². The van der Waals surface area contributed by atoms with Crippen LogP contribution in [0, 0.1) is 23.7 Å². The van der Waals surface area contributed by atoms with Crippen molar-refractivity contribution in [3.8, 4) is 46.0 Å². The number of aliphatic hydroxyl groups excluding tert-OH is 4. The van der Waals surface area contributed by atoms with Crippen molar-refractivity contribution in [2.45, 2.75) is 101 Å². The lowest BCUT2D eigenvalue weighted by Gasteiger charge is -2.44. The van der Waals surface area contributed by atoms with E-state index in [1.54, 1.807) is 86.6 Å². The molecule has 70 heavy (non-hydrogen) atoms. The van der Waals surface area contributed by atoms with Gasteiger partial charge in [0.2, 0.25) is 11.5 Å². The Hall–Kier alpha value is -5.12. The number of phenolic OH excluding ortho intramolecular Hbond substituents is 4. The standard InChI is InChI=1S/C52H68O18/c1-27-43(55)49-47(59)51(69-27)67-25-33(15-29-7-11-37(53)12-8-29)36(18-32-21-41(63-5)46(58)42(22-32)64-6)24-66-50-44(56)28(2)70-52(48(50)60)68-26-34(16-30-9-13-38(54)14-10-30)35(23-65-49)17-31-19-39(61-3)45(57)40(20-31)62-4/h7-14,19-22,27-28,33-36,43-44,47-60H,15-18,23-26H2,1-6H3/t27-,28-,33?,34?,35?,36?,43-,44-,47-,48-,49+,50+,51-,52-/m1/s1. The van der Waals surface area contributed by atoms with Crippen molar-refractivity contribution in [2.24, 2.45) is 23.7 Å². The highest BCUT2D eigenvalue weighted by Gasteiger charge is 2.47. The first-order valence-corrected chi connectivity index (χ1v) is 23.5. The summed E-state index contributed by atoms with van der Waals surface area (Å²) in [6, 6.07) is 20.2. The Morgan fingerprint density at radius 2 is 0.700 bits per heavy atom. The van der Waals surface area contributed by atoms with Gasteiger partial charge in [0.15, 0.2) is 35.6 Å². The molecule has 4 bridgehead atoms. The van der Waals surface area contributed by atoms with E-state index in [1.807, 2.05) is 0 Å². The molecule has 0 saturated carbocycles. The number of hydrogen-bond donors (Lipinski definition) is 8. The van der Waals surface area contributed by atoms with E-state index in [-0.39, 0.29) is 85.3 Å². The summed E-state index contributed by atoms with van der Waals surface area (Å²) in [4.78, 5) is 0. The first-order valence-electron chi connectivity index (χ1n) is 23.5. The van der Waals surface area contributed by atoms with E-state index < -0.39 is 85.1 Å². The molecule has 384 valence electrons. The van der Waals surface area contributed by atoms with E-state index in [0.717, 1.165) is 11.1 Å². The van der Waals surface area contributed by atoms with Crippen molar-refractivity contribution in [3.05, 3.63) is 95.1 Å².